The van der Waals surface area contributed by atoms with Crippen LogP contribution < -0.4 is 0 Å². The third kappa shape index (κ3) is 5.83. The molecule has 8 atom stereocenters. The molecule has 0 amide bonds. The molecule has 1 fully saturated rings. The van der Waals surface area contributed by atoms with E-state index in [2.05, 4.69) is 4.74 Å². The standard InChI is InChI=1S/C25H30F8O3/c1-2-12-10-34-24(35-11-12)14-7-18(27)22(19(28)8-14)25(32,33)36-15-3-4-16(17(26)9-15)13-5-20(29)23(31)21(30)6-13/h5,7,9,12-13,15-16,18-19,21-24H,2-4,6,8,10-11H2,1H3. The van der Waals surface area contributed by atoms with Crippen LogP contribution in [0.4, 0.5) is 35.1 Å². The predicted octanol–water partition coefficient (Wildman–Crippen LogP) is 6.80. The number of ether oxygens (including phenoxy) is 3. The van der Waals surface area contributed by atoms with Crippen molar-refractivity contribution in [2.24, 2.45) is 23.7 Å². The zero-order valence-corrected chi connectivity index (χ0v) is 19.7. The van der Waals surface area contributed by atoms with Crippen molar-refractivity contribution in [2.75, 3.05) is 13.2 Å². The Hall–Kier alpha value is -1.46. The van der Waals surface area contributed by atoms with Crippen LogP contribution in [0.5, 0.6) is 0 Å². The molecule has 0 aromatic heterocycles. The van der Waals surface area contributed by atoms with Gasteiger partial charge in [0.25, 0.3) is 0 Å². The number of hydrogen-bond acceptors (Lipinski definition) is 3. The number of hydrogen-bond donors (Lipinski definition) is 0. The molecule has 0 aromatic rings. The fourth-order valence-electron chi connectivity index (χ4n) is 5.35. The van der Waals surface area contributed by atoms with Crippen LogP contribution in [0.15, 0.2) is 35.5 Å². The normalized spacial score (nSPS) is 42.4. The second-order valence-electron chi connectivity index (χ2n) is 10.0. The summed E-state index contributed by atoms with van der Waals surface area (Å²) in [6, 6.07) is 0. The molecule has 36 heavy (non-hydrogen) atoms. The summed E-state index contributed by atoms with van der Waals surface area (Å²) in [6.45, 7) is 2.61. The zero-order valence-electron chi connectivity index (χ0n) is 19.7. The summed E-state index contributed by atoms with van der Waals surface area (Å²) in [4.78, 5) is 0. The molecule has 204 valence electrons. The molecule has 0 N–H and O–H groups in total. The minimum absolute atomic E-state index is 0.108. The van der Waals surface area contributed by atoms with Crippen LogP contribution in [0.1, 0.15) is 39.0 Å². The van der Waals surface area contributed by atoms with Crippen molar-refractivity contribution in [3.8, 4) is 0 Å². The lowest BCUT2D eigenvalue weighted by atomic mass is 9.77. The van der Waals surface area contributed by atoms with Crippen molar-refractivity contribution < 1.29 is 49.3 Å². The molecule has 0 aromatic carbocycles. The molecule has 0 radical (unpaired) electrons. The Morgan fingerprint density at radius 2 is 1.64 bits per heavy atom. The van der Waals surface area contributed by atoms with Gasteiger partial charge in [0.2, 0.25) is 0 Å². The molecule has 3 aliphatic carbocycles. The molecule has 0 bridgehead atoms. The van der Waals surface area contributed by atoms with Crippen LogP contribution in [0.3, 0.4) is 0 Å². The van der Waals surface area contributed by atoms with Gasteiger partial charge < -0.3 is 14.2 Å². The highest BCUT2D eigenvalue weighted by Gasteiger charge is 2.54. The predicted molar refractivity (Wildman–Crippen MR) is 114 cm³/mol. The average molecular weight is 530 g/mol. The third-order valence-electron chi connectivity index (χ3n) is 7.51. The van der Waals surface area contributed by atoms with Crippen molar-refractivity contribution in [3.05, 3.63) is 35.5 Å². The van der Waals surface area contributed by atoms with Gasteiger partial charge in [-0.15, -0.1) is 0 Å². The molecule has 1 aliphatic heterocycles. The summed E-state index contributed by atoms with van der Waals surface area (Å²) in [7, 11) is 0. The lowest BCUT2D eigenvalue weighted by molar-refractivity contribution is -0.304. The van der Waals surface area contributed by atoms with E-state index in [1.165, 1.54) is 0 Å². The molecule has 11 heteroatoms. The van der Waals surface area contributed by atoms with Gasteiger partial charge in [0.1, 0.15) is 36.1 Å². The number of allylic oxidation sites excluding steroid dienone is 4. The Morgan fingerprint density at radius 1 is 0.944 bits per heavy atom. The maximum absolute atomic E-state index is 14.9. The van der Waals surface area contributed by atoms with Gasteiger partial charge in [0.15, 0.2) is 12.5 Å². The van der Waals surface area contributed by atoms with Crippen molar-refractivity contribution in [3.63, 3.8) is 0 Å². The summed E-state index contributed by atoms with van der Waals surface area (Å²) in [6.07, 6.45) is -14.0. The monoisotopic (exact) mass is 530 g/mol. The van der Waals surface area contributed by atoms with E-state index in [9.17, 15) is 35.1 Å². The first-order valence-corrected chi connectivity index (χ1v) is 12.3. The van der Waals surface area contributed by atoms with E-state index in [0.29, 0.717) is 13.2 Å². The van der Waals surface area contributed by atoms with Crippen LogP contribution >= 0.6 is 0 Å². The van der Waals surface area contributed by atoms with Gasteiger partial charge in [-0.1, -0.05) is 6.92 Å². The molecule has 3 nitrogen and oxygen atoms in total. The molecule has 1 saturated heterocycles. The highest BCUT2D eigenvalue weighted by atomic mass is 19.3. The van der Waals surface area contributed by atoms with Gasteiger partial charge in [0.05, 0.1) is 19.3 Å². The highest BCUT2D eigenvalue weighted by molar-refractivity contribution is 5.19. The highest BCUT2D eigenvalue weighted by Crippen LogP contribution is 2.45. The minimum Gasteiger partial charge on any atom is -0.348 e. The first-order chi connectivity index (χ1) is 17.0. The third-order valence-corrected chi connectivity index (χ3v) is 7.51. The Labute approximate surface area is 204 Å². The minimum atomic E-state index is -4.26. The van der Waals surface area contributed by atoms with Gasteiger partial charge in [-0.2, -0.15) is 8.78 Å². The first kappa shape index (κ1) is 27.6. The first-order valence-electron chi connectivity index (χ1n) is 12.3. The van der Waals surface area contributed by atoms with E-state index in [4.69, 9.17) is 9.47 Å². The largest absolute Gasteiger partial charge is 0.365 e. The Balaban J connectivity index is 1.40. The second-order valence-corrected chi connectivity index (χ2v) is 10.0. The molecule has 4 aliphatic rings. The van der Waals surface area contributed by atoms with Crippen LogP contribution in [0.2, 0.25) is 0 Å². The van der Waals surface area contributed by atoms with E-state index in [0.717, 1.165) is 24.6 Å². The van der Waals surface area contributed by atoms with Crippen LogP contribution in [-0.2, 0) is 14.2 Å². The molecule has 1 heterocycles. The Kier molecular flexibility index (Phi) is 8.51. The lowest BCUT2D eigenvalue weighted by Crippen LogP contribution is -2.48. The number of halogens is 8. The van der Waals surface area contributed by atoms with E-state index in [1.54, 1.807) is 0 Å². The molecule has 4 rings (SSSR count). The van der Waals surface area contributed by atoms with Crippen LogP contribution in [0.25, 0.3) is 0 Å². The molecule has 0 spiro atoms. The maximum Gasteiger partial charge on any atom is 0.365 e. The van der Waals surface area contributed by atoms with Gasteiger partial charge in [-0.3, -0.25) is 0 Å². The molecule has 0 saturated carbocycles. The van der Waals surface area contributed by atoms with Crippen molar-refractivity contribution in [1.82, 2.24) is 0 Å². The van der Waals surface area contributed by atoms with Crippen molar-refractivity contribution in [1.29, 1.82) is 0 Å². The average Bonchev–Trinajstić information content (AvgIpc) is 2.81. The SMILES string of the molecule is CCC1COC(C2=CC(F)C(C(F)(F)OC3C=C(F)C(C4C=C(F)C(F)C(F)C4)CC3)C(F)C2)OC1. The van der Waals surface area contributed by atoms with E-state index in [-0.39, 0.29) is 24.3 Å². The second kappa shape index (κ2) is 11.1. The van der Waals surface area contributed by atoms with E-state index in [1.807, 2.05) is 6.92 Å². The molecule has 8 unspecified atom stereocenters. The number of rotatable bonds is 6. The summed E-state index contributed by atoms with van der Waals surface area (Å²) in [5, 5.41) is 0. The van der Waals surface area contributed by atoms with E-state index < -0.39 is 85.4 Å². The van der Waals surface area contributed by atoms with Gasteiger partial charge >= 0.3 is 6.11 Å². The fourth-order valence-corrected chi connectivity index (χ4v) is 5.35. The van der Waals surface area contributed by atoms with Crippen LogP contribution in [-0.4, -0.2) is 56.4 Å². The van der Waals surface area contributed by atoms with Gasteiger partial charge in [-0.05, 0) is 55.4 Å². The van der Waals surface area contributed by atoms with Gasteiger partial charge in [0, 0.05) is 18.3 Å². The van der Waals surface area contributed by atoms with Crippen LogP contribution in [0, 0.1) is 23.7 Å². The van der Waals surface area contributed by atoms with Gasteiger partial charge in [-0.25, -0.2) is 26.3 Å². The summed E-state index contributed by atoms with van der Waals surface area (Å²) in [5.74, 6) is -6.56. The quantitative estimate of drug-likeness (QED) is 0.279. The maximum atomic E-state index is 14.9. The Bertz CT molecular complexity index is 869. The molecular formula is C25H30F8O3. The van der Waals surface area contributed by atoms with Crippen molar-refractivity contribution >= 4 is 0 Å². The zero-order chi connectivity index (χ0) is 26.2. The summed E-state index contributed by atoms with van der Waals surface area (Å²) >= 11 is 0. The smallest absolute Gasteiger partial charge is 0.348 e. The number of alkyl halides is 6. The molecular weight excluding hydrogens is 500 g/mol. The summed E-state index contributed by atoms with van der Waals surface area (Å²) < 4.78 is 130. The lowest BCUT2D eigenvalue weighted by Gasteiger charge is -2.39. The Morgan fingerprint density at radius 3 is 2.22 bits per heavy atom. The fraction of sp³-hybridized carbons (Fsp3) is 0.760. The van der Waals surface area contributed by atoms with E-state index >= 15 is 0 Å². The topological polar surface area (TPSA) is 27.7 Å². The van der Waals surface area contributed by atoms with Crippen molar-refractivity contribution in [2.45, 2.75) is 82.2 Å². The summed E-state index contributed by atoms with van der Waals surface area (Å²) in [5.41, 5.74) is 0.109.